The molecule has 0 spiro atoms. The first kappa shape index (κ1) is 19.5. The van der Waals surface area contributed by atoms with Gasteiger partial charge in [0.1, 0.15) is 11.6 Å². The van der Waals surface area contributed by atoms with Crippen molar-refractivity contribution in [3.05, 3.63) is 63.2 Å². The zero-order valence-corrected chi connectivity index (χ0v) is 17.0. The Hall–Kier alpha value is -2.86. The van der Waals surface area contributed by atoms with Crippen molar-refractivity contribution < 1.29 is 9.53 Å². The van der Waals surface area contributed by atoms with Crippen molar-refractivity contribution in [2.24, 2.45) is 0 Å². The van der Waals surface area contributed by atoms with Crippen LogP contribution >= 0.6 is 11.6 Å². The van der Waals surface area contributed by atoms with E-state index in [1.807, 2.05) is 0 Å². The maximum Gasteiger partial charge on any atom is 0.261 e. The van der Waals surface area contributed by atoms with Gasteiger partial charge in [-0.25, -0.2) is 4.98 Å². The van der Waals surface area contributed by atoms with Gasteiger partial charge in [0.2, 0.25) is 0 Å². The van der Waals surface area contributed by atoms with E-state index in [-0.39, 0.29) is 11.5 Å². The number of nitrogens with one attached hydrogen (secondary N) is 1. The molecule has 29 heavy (non-hydrogen) atoms. The van der Waals surface area contributed by atoms with E-state index in [1.54, 1.807) is 41.0 Å². The first-order chi connectivity index (χ1) is 14.1. The van der Waals surface area contributed by atoms with Crippen molar-refractivity contribution in [1.82, 2.24) is 9.55 Å². The Kier molecular flexibility index (Phi) is 5.53. The number of benzene rings is 2. The third-order valence-corrected chi connectivity index (χ3v) is 5.47. The van der Waals surface area contributed by atoms with Crippen LogP contribution in [0, 0.1) is 0 Å². The maximum absolute atomic E-state index is 12.9. The Morgan fingerprint density at radius 2 is 1.97 bits per heavy atom. The summed E-state index contributed by atoms with van der Waals surface area (Å²) in [7, 11) is 1.53. The van der Waals surface area contributed by atoms with Crippen LogP contribution in [0.2, 0.25) is 5.02 Å². The van der Waals surface area contributed by atoms with Gasteiger partial charge in [-0.2, -0.15) is 0 Å². The standard InChI is InChI=1S/C22H22ClN3O3/c1-29-19-10-8-15(23)13-18(19)25-21(27)14-7-9-16-17(12-14)24-20-6-4-2-3-5-11-26(20)22(16)28/h7-10,12-13H,2-6,11H2,1H3,(H,25,27). The second-order valence-electron chi connectivity index (χ2n) is 7.18. The first-order valence-corrected chi connectivity index (χ1v) is 10.1. The molecule has 0 saturated heterocycles. The van der Waals surface area contributed by atoms with Crippen LogP contribution < -0.4 is 15.6 Å². The van der Waals surface area contributed by atoms with Gasteiger partial charge in [0, 0.05) is 23.6 Å². The van der Waals surface area contributed by atoms with Crippen LogP contribution in [0.4, 0.5) is 5.69 Å². The molecule has 0 atom stereocenters. The summed E-state index contributed by atoms with van der Waals surface area (Å²) in [5, 5.41) is 3.85. The highest BCUT2D eigenvalue weighted by Gasteiger charge is 2.16. The number of aromatic nitrogens is 2. The van der Waals surface area contributed by atoms with E-state index in [4.69, 9.17) is 21.3 Å². The van der Waals surface area contributed by atoms with Crippen molar-refractivity contribution >= 4 is 34.1 Å². The second-order valence-corrected chi connectivity index (χ2v) is 7.62. The quantitative estimate of drug-likeness (QED) is 0.692. The summed E-state index contributed by atoms with van der Waals surface area (Å²) in [6.45, 7) is 0.702. The molecule has 0 aliphatic carbocycles. The molecule has 2 aromatic carbocycles. The van der Waals surface area contributed by atoms with Gasteiger partial charge in [0.25, 0.3) is 11.5 Å². The SMILES string of the molecule is COc1ccc(Cl)cc1NC(=O)c1ccc2c(=O)n3c(nc2c1)CCCCCC3. The highest BCUT2D eigenvalue weighted by atomic mass is 35.5. The van der Waals surface area contributed by atoms with E-state index in [1.165, 1.54) is 7.11 Å². The van der Waals surface area contributed by atoms with Crippen LogP contribution in [0.25, 0.3) is 10.9 Å². The number of ether oxygens (including phenoxy) is 1. The van der Waals surface area contributed by atoms with Crippen molar-refractivity contribution in [2.45, 2.75) is 38.6 Å². The summed E-state index contributed by atoms with van der Waals surface area (Å²) in [5.74, 6) is 0.999. The number of rotatable bonds is 3. The maximum atomic E-state index is 12.9. The number of anilines is 1. The lowest BCUT2D eigenvalue weighted by Crippen LogP contribution is -2.26. The van der Waals surface area contributed by atoms with Crippen molar-refractivity contribution in [2.75, 3.05) is 12.4 Å². The van der Waals surface area contributed by atoms with E-state index in [0.717, 1.165) is 37.9 Å². The van der Waals surface area contributed by atoms with E-state index in [9.17, 15) is 9.59 Å². The molecule has 1 N–H and O–H groups in total. The minimum absolute atomic E-state index is 0.0321. The lowest BCUT2D eigenvalue weighted by molar-refractivity contribution is 0.102. The Labute approximate surface area is 173 Å². The van der Waals surface area contributed by atoms with Crippen LogP contribution in [0.3, 0.4) is 0 Å². The smallest absolute Gasteiger partial charge is 0.261 e. The number of amides is 1. The zero-order valence-electron chi connectivity index (χ0n) is 16.2. The molecule has 4 rings (SSSR count). The lowest BCUT2D eigenvalue weighted by Gasteiger charge is -2.16. The van der Waals surface area contributed by atoms with Gasteiger partial charge >= 0.3 is 0 Å². The fourth-order valence-corrected chi connectivity index (χ4v) is 3.88. The number of nitrogens with zero attached hydrogens (tertiary/aromatic N) is 2. The highest BCUT2D eigenvalue weighted by Crippen LogP contribution is 2.28. The first-order valence-electron chi connectivity index (χ1n) is 9.75. The molecule has 0 radical (unpaired) electrons. The van der Waals surface area contributed by atoms with Gasteiger partial charge in [-0.15, -0.1) is 0 Å². The minimum Gasteiger partial charge on any atom is -0.495 e. The Bertz CT molecular complexity index is 1140. The fourth-order valence-electron chi connectivity index (χ4n) is 3.71. The average Bonchev–Trinajstić information content (AvgIpc) is 2.69. The molecule has 0 saturated carbocycles. The molecular weight excluding hydrogens is 390 g/mol. The van der Waals surface area contributed by atoms with Gasteiger partial charge < -0.3 is 10.1 Å². The summed E-state index contributed by atoms with van der Waals surface area (Å²) in [6, 6.07) is 10.0. The molecule has 6 nitrogen and oxygen atoms in total. The van der Waals surface area contributed by atoms with E-state index < -0.39 is 0 Å². The van der Waals surface area contributed by atoms with Gasteiger partial charge in [-0.05, 0) is 49.2 Å². The van der Waals surface area contributed by atoms with Crippen LogP contribution in [0.15, 0.2) is 41.2 Å². The molecule has 0 unspecified atom stereocenters. The number of halogens is 1. The number of hydrogen-bond donors (Lipinski definition) is 1. The molecule has 1 aromatic heterocycles. The van der Waals surface area contributed by atoms with E-state index >= 15 is 0 Å². The van der Waals surface area contributed by atoms with Gasteiger partial charge in [0.15, 0.2) is 0 Å². The normalized spacial score (nSPS) is 14.0. The number of hydrogen-bond acceptors (Lipinski definition) is 4. The predicted octanol–water partition coefficient (Wildman–Crippen LogP) is 4.43. The molecule has 3 aromatic rings. The minimum atomic E-state index is -0.318. The van der Waals surface area contributed by atoms with Crippen molar-refractivity contribution in [3.63, 3.8) is 0 Å². The highest BCUT2D eigenvalue weighted by molar-refractivity contribution is 6.31. The van der Waals surface area contributed by atoms with Gasteiger partial charge in [-0.3, -0.25) is 14.2 Å². The van der Waals surface area contributed by atoms with Crippen LogP contribution in [-0.2, 0) is 13.0 Å². The molecule has 1 aliphatic heterocycles. The summed E-state index contributed by atoms with van der Waals surface area (Å²) >= 11 is 6.04. The van der Waals surface area contributed by atoms with Crippen LogP contribution in [-0.4, -0.2) is 22.6 Å². The van der Waals surface area contributed by atoms with Gasteiger partial charge in [-0.1, -0.05) is 24.4 Å². The molecule has 7 heteroatoms. The lowest BCUT2D eigenvalue weighted by atomic mass is 10.1. The molecule has 1 aliphatic rings. The van der Waals surface area contributed by atoms with Crippen molar-refractivity contribution in [1.29, 1.82) is 0 Å². The number of carbonyl (C=O) groups excluding carboxylic acids is 1. The Morgan fingerprint density at radius 3 is 2.79 bits per heavy atom. The molecule has 1 amide bonds. The van der Waals surface area contributed by atoms with E-state index in [2.05, 4.69) is 5.32 Å². The number of fused-ring (bicyclic) bond motifs is 2. The number of methoxy groups -OCH3 is 1. The number of aryl methyl sites for hydroxylation is 1. The van der Waals surface area contributed by atoms with Crippen LogP contribution in [0.5, 0.6) is 5.75 Å². The summed E-state index contributed by atoms with van der Waals surface area (Å²) in [6.07, 6.45) is 5.07. The molecule has 150 valence electrons. The largest absolute Gasteiger partial charge is 0.495 e. The summed E-state index contributed by atoms with van der Waals surface area (Å²) in [5.41, 5.74) is 1.42. The third-order valence-electron chi connectivity index (χ3n) is 5.24. The Morgan fingerprint density at radius 1 is 1.14 bits per heavy atom. The zero-order chi connectivity index (χ0) is 20.4. The molecule has 0 bridgehead atoms. The molecule has 0 fully saturated rings. The van der Waals surface area contributed by atoms with Crippen molar-refractivity contribution in [3.8, 4) is 5.75 Å². The number of carbonyl (C=O) groups is 1. The van der Waals surface area contributed by atoms with Gasteiger partial charge in [0.05, 0.1) is 23.7 Å². The third kappa shape index (κ3) is 3.98. The second kappa shape index (κ2) is 8.25. The molecular formula is C22H22ClN3O3. The predicted molar refractivity (Wildman–Crippen MR) is 114 cm³/mol. The Balaban J connectivity index is 1.70. The van der Waals surface area contributed by atoms with E-state index in [0.29, 0.717) is 39.5 Å². The summed E-state index contributed by atoms with van der Waals surface area (Å²) in [4.78, 5) is 30.4. The average molecular weight is 412 g/mol. The van der Waals surface area contributed by atoms with Crippen LogP contribution in [0.1, 0.15) is 41.9 Å². The topological polar surface area (TPSA) is 73.2 Å². The monoisotopic (exact) mass is 411 g/mol. The summed E-state index contributed by atoms with van der Waals surface area (Å²) < 4.78 is 7.07. The molecule has 2 heterocycles. The fraction of sp³-hybridized carbons (Fsp3) is 0.318.